The van der Waals surface area contributed by atoms with Crippen molar-refractivity contribution >= 4 is 43.0 Å². The Kier molecular flexibility index (Phi) is 6.84. The molecule has 0 bridgehead atoms. The summed E-state index contributed by atoms with van der Waals surface area (Å²) in [5.41, 5.74) is 1.56. The number of benzene rings is 1. The fraction of sp³-hybridized carbons (Fsp3) is 0.444. The molecule has 11 heteroatoms. The van der Waals surface area contributed by atoms with Gasteiger partial charge < -0.3 is 4.90 Å². The number of rotatable bonds is 7. The van der Waals surface area contributed by atoms with Crippen molar-refractivity contribution < 1.29 is 22.3 Å². The van der Waals surface area contributed by atoms with Crippen LogP contribution >= 0.6 is 21.9 Å². The van der Waals surface area contributed by atoms with E-state index in [0.717, 1.165) is 29.7 Å². The molecule has 3 N–H and O–H groups in total. The lowest BCUT2D eigenvalue weighted by atomic mass is 10.1. The van der Waals surface area contributed by atoms with Gasteiger partial charge in [0.2, 0.25) is 5.91 Å². The molecule has 2 heterocycles. The van der Waals surface area contributed by atoms with Crippen LogP contribution < -0.4 is 4.72 Å². The summed E-state index contributed by atoms with van der Waals surface area (Å²) in [6, 6.07) is 6.76. The second kappa shape index (κ2) is 9.00. The van der Waals surface area contributed by atoms with E-state index in [-0.39, 0.29) is 33.9 Å². The molecule has 29 heavy (non-hydrogen) atoms. The number of nitrogens with zero attached hydrogens (tertiary/aromatic N) is 2. The summed E-state index contributed by atoms with van der Waals surface area (Å²) < 4.78 is 46.8. The van der Waals surface area contributed by atoms with Gasteiger partial charge in [-0.2, -0.15) is 10.6 Å². The fourth-order valence-electron chi connectivity index (χ4n) is 2.98. The molecule has 1 saturated heterocycles. The number of carbonyl (C=O) groups is 1. The molecule has 0 atom stereocenters. The van der Waals surface area contributed by atoms with Gasteiger partial charge in [0, 0.05) is 18.5 Å². The summed E-state index contributed by atoms with van der Waals surface area (Å²) in [5.74, 6) is 0.224. The van der Waals surface area contributed by atoms with Gasteiger partial charge in [-0.05, 0) is 24.1 Å². The Morgan fingerprint density at radius 2 is 1.90 bits per heavy atom. The van der Waals surface area contributed by atoms with Gasteiger partial charge in [-0.15, -0.1) is 11.3 Å². The maximum absolute atomic E-state index is 12.5. The van der Waals surface area contributed by atoms with Crippen molar-refractivity contribution in [3.63, 3.8) is 0 Å². The predicted molar refractivity (Wildman–Crippen MR) is 116 cm³/mol. The highest BCUT2D eigenvalue weighted by molar-refractivity contribution is 8.24. The molecule has 0 unspecified atom stereocenters. The van der Waals surface area contributed by atoms with Gasteiger partial charge in [0.05, 0.1) is 28.5 Å². The standard InChI is InChI=1S/C18H25N3O5S3/c1-2-3-14-4-6-16(7-5-14)29(25,26)20-18-19-15(13-27-18)12-17(22)21-8-10-28(23,24)11-9-21/h4-7,13,23-24H,2-3,8-12H2,1H3,(H,19,20). The molecule has 1 fully saturated rings. The lowest BCUT2D eigenvalue weighted by Gasteiger charge is -2.40. The van der Waals surface area contributed by atoms with E-state index < -0.39 is 20.6 Å². The van der Waals surface area contributed by atoms with Crippen molar-refractivity contribution in [1.29, 1.82) is 0 Å². The molecule has 1 amide bonds. The van der Waals surface area contributed by atoms with Crippen LogP contribution in [0.4, 0.5) is 5.13 Å². The molecular weight excluding hydrogens is 434 g/mol. The predicted octanol–water partition coefficient (Wildman–Crippen LogP) is 3.03. The molecule has 0 radical (unpaired) electrons. The zero-order valence-electron chi connectivity index (χ0n) is 16.1. The topological polar surface area (TPSA) is 120 Å². The molecule has 0 aliphatic carbocycles. The van der Waals surface area contributed by atoms with Crippen LogP contribution in [0.2, 0.25) is 0 Å². The number of nitrogens with one attached hydrogen (secondary N) is 1. The molecule has 1 aromatic heterocycles. The van der Waals surface area contributed by atoms with Gasteiger partial charge in [-0.3, -0.25) is 18.6 Å². The number of anilines is 1. The van der Waals surface area contributed by atoms with E-state index >= 15 is 0 Å². The van der Waals surface area contributed by atoms with Crippen LogP contribution in [0.25, 0.3) is 0 Å². The molecule has 8 nitrogen and oxygen atoms in total. The van der Waals surface area contributed by atoms with Crippen LogP contribution in [-0.4, -0.2) is 57.9 Å². The van der Waals surface area contributed by atoms with E-state index in [1.165, 1.54) is 0 Å². The highest BCUT2D eigenvalue weighted by Crippen LogP contribution is 2.40. The Balaban J connectivity index is 1.60. The summed E-state index contributed by atoms with van der Waals surface area (Å²) in [6.45, 7) is 2.67. The van der Waals surface area contributed by atoms with Crippen LogP contribution in [0.1, 0.15) is 24.6 Å². The minimum absolute atomic E-state index is 0.0448. The van der Waals surface area contributed by atoms with Crippen molar-refractivity contribution in [2.75, 3.05) is 29.3 Å². The van der Waals surface area contributed by atoms with Gasteiger partial charge >= 0.3 is 0 Å². The second-order valence-corrected chi connectivity index (χ2v) is 11.9. The number of sulfonamides is 1. The molecule has 1 aliphatic heterocycles. The average molecular weight is 460 g/mol. The van der Waals surface area contributed by atoms with Crippen LogP contribution in [0, 0.1) is 0 Å². The van der Waals surface area contributed by atoms with Crippen molar-refractivity contribution in [2.24, 2.45) is 0 Å². The number of amides is 1. The van der Waals surface area contributed by atoms with Gasteiger partial charge in [-0.1, -0.05) is 25.5 Å². The summed E-state index contributed by atoms with van der Waals surface area (Å²) in [4.78, 5) is 18.3. The van der Waals surface area contributed by atoms with Crippen molar-refractivity contribution in [3.8, 4) is 0 Å². The smallest absolute Gasteiger partial charge is 0.263 e. The summed E-state index contributed by atoms with van der Waals surface area (Å²) >= 11 is 1.12. The summed E-state index contributed by atoms with van der Waals surface area (Å²) in [6.07, 6.45) is 1.93. The Morgan fingerprint density at radius 3 is 2.52 bits per heavy atom. The zero-order chi connectivity index (χ0) is 21.1. The number of aromatic nitrogens is 1. The minimum Gasteiger partial charge on any atom is -0.339 e. The summed E-state index contributed by atoms with van der Waals surface area (Å²) in [5, 5.41) is 1.86. The molecule has 0 spiro atoms. The van der Waals surface area contributed by atoms with E-state index in [2.05, 4.69) is 16.6 Å². The first-order chi connectivity index (χ1) is 13.7. The average Bonchev–Trinajstić information content (AvgIpc) is 3.08. The SMILES string of the molecule is CCCc1ccc(S(=O)(=O)Nc2nc(CC(=O)N3CCS(O)(O)CC3)cs2)cc1. The quantitative estimate of drug-likeness (QED) is 0.585. The Morgan fingerprint density at radius 1 is 1.24 bits per heavy atom. The van der Waals surface area contributed by atoms with Crippen LogP contribution in [0.5, 0.6) is 0 Å². The Bertz CT molecular complexity index is 947. The van der Waals surface area contributed by atoms with Crippen LogP contribution in [0.3, 0.4) is 0 Å². The highest BCUT2D eigenvalue weighted by atomic mass is 32.3. The number of aryl methyl sites for hydroxylation is 1. The lowest BCUT2D eigenvalue weighted by molar-refractivity contribution is -0.130. The number of hydrogen-bond acceptors (Lipinski definition) is 7. The summed E-state index contributed by atoms with van der Waals surface area (Å²) in [7, 11) is -6.30. The van der Waals surface area contributed by atoms with Gasteiger partial charge in [-0.25, -0.2) is 13.4 Å². The maximum Gasteiger partial charge on any atom is 0.263 e. The first kappa shape index (κ1) is 22.0. The van der Waals surface area contributed by atoms with Crippen molar-refractivity contribution in [1.82, 2.24) is 9.88 Å². The molecule has 2 aromatic rings. The third kappa shape index (κ3) is 5.92. The van der Waals surface area contributed by atoms with E-state index in [9.17, 15) is 22.3 Å². The zero-order valence-corrected chi connectivity index (χ0v) is 18.5. The van der Waals surface area contributed by atoms with E-state index in [4.69, 9.17) is 0 Å². The first-order valence-corrected chi connectivity index (χ1v) is 13.5. The Hall–Kier alpha value is -1.66. The first-order valence-electron chi connectivity index (χ1n) is 9.26. The van der Waals surface area contributed by atoms with Crippen LogP contribution in [0.15, 0.2) is 34.5 Å². The lowest BCUT2D eigenvalue weighted by Crippen LogP contribution is -2.42. The fourth-order valence-corrected chi connectivity index (χ4v) is 6.17. The van der Waals surface area contributed by atoms with E-state index in [0.29, 0.717) is 18.8 Å². The third-order valence-electron chi connectivity index (χ3n) is 4.61. The number of hydrogen-bond donors (Lipinski definition) is 3. The van der Waals surface area contributed by atoms with Gasteiger partial charge in [0.25, 0.3) is 10.0 Å². The second-order valence-electron chi connectivity index (χ2n) is 6.91. The Labute approximate surface area is 176 Å². The molecule has 1 aromatic carbocycles. The van der Waals surface area contributed by atoms with Gasteiger partial charge in [0.1, 0.15) is 0 Å². The van der Waals surface area contributed by atoms with E-state index in [1.54, 1.807) is 34.5 Å². The monoisotopic (exact) mass is 459 g/mol. The molecule has 1 aliphatic rings. The molecule has 160 valence electrons. The minimum atomic E-state index is -3.74. The van der Waals surface area contributed by atoms with Crippen LogP contribution in [-0.2, 0) is 27.7 Å². The molecular formula is C18H25N3O5S3. The molecule has 0 saturated carbocycles. The number of carbonyl (C=O) groups excluding carboxylic acids is 1. The third-order valence-corrected chi connectivity index (χ3v) is 8.57. The van der Waals surface area contributed by atoms with Gasteiger partial charge in [0.15, 0.2) is 5.13 Å². The number of thiazole rings is 1. The highest BCUT2D eigenvalue weighted by Gasteiger charge is 2.26. The normalized spacial score (nSPS) is 17.7. The maximum atomic E-state index is 12.5. The largest absolute Gasteiger partial charge is 0.339 e. The van der Waals surface area contributed by atoms with Crippen molar-refractivity contribution in [3.05, 3.63) is 40.9 Å². The molecule has 3 rings (SSSR count). The van der Waals surface area contributed by atoms with E-state index in [1.807, 2.05) is 0 Å². The van der Waals surface area contributed by atoms with Crippen molar-refractivity contribution in [2.45, 2.75) is 31.1 Å².